The quantitative estimate of drug-likeness (QED) is 0.883. The second kappa shape index (κ2) is 6.71. The molecule has 0 saturated heterocycles. The van der Waals surface area contributed by atoms with E-state index in [0.717, 1.165) is 12.2 Å². The summed E-state index contributed by atoms with van der Waals surface area (Å²) in [5, 5.41) is 3.87. The molecular formula is C13H16FN3O2S. The van der Waals surface area contributed by atoms with Gasteiger partial charge < -0.3 is 15.0 Å². The minimum absolute atomic E-state index is 0.139. The Bertz CT molecular complexity index is 576. The van der Waals surface area contributed by atoms with E-state index in [1.165, 1.54) is 19.2 Å². The Morgan fingerprint density at radius 1 is 1.50 bits per heavy atom. The van der Waals surface area contributed by atoms with Crippen molar-refractivity contribution >= 4 is 11.8 Å². The van der Waals surface area contributed by atoms with Crippen LogP contribution in [0.25, 0.3) is 11.4 Å². The Hall–Kier alpha value is -1.60. The Balaban J connectivity index is 2.20. The number of methoxy groups -OCH3 is 1. The van der Waals surface area contributed by atoms with Crippen LogP contribution in [0.5, 0.6) is 5.75 Å². The summed E-state index contributed by atoms with van der Waals surface area (Å²) in [6.07, 6.45) is 2.77. The highest BCUT2D eigenvalue weighted by molar-refractivity contribution is 7.98. The monoisotopic (exact) mass is 297 g/mol. The van der Waals surface area contributed by atoms with E-state index in [-0.39, 0.29) is 11.8 Å². The molecule has 108 valence electrons. The Morgan fingerprint density at radius 2 is 2.30 bits per heavy atom. The van der Waals surface area contributed by atoms with Crippen molar-refractivity contribution in [2.45, 2.75) is 12.5 Å². The van der Waals surface area contributed by atoms with Gasteiger partial charge in [-0.25, -0.2) is 4.39 Å². The number of hydrogen-bond donors (Lipinski definition) is 1. The van der Waals surface area contributed by atoms with Gasteiger partial charge in [0.05, 0.1) is 13.2 Å². The van der Waals surface area contributed by atoms with Crippen LogP contribution in [0.2, 0.25) is 0 Å². The number of ether oxygens (including phenoxy) is 1. The topological polar surface area (TPSA) is 74.2 Å². The molecule has 0 bridgehead atoms. The first kappa shape index (κ1) is 14.8. The fourth-order valence-corrected chi connectivity index (χ4v) is 2.16. The molecule has 1 atom stereocenters. The molecule has 0 aliphatic heterocycles. The van der Waals surface area contributed by atoms with Crippen LogP contribution >= 0.6 is 11.8 Å². The third-order valence-electron chi connectivity index (χ3n) is 2.80. The van der Waals surface area contributed by atoms with Gasteiger partial charge in [0, 0.05) is 5.56 Å². The summed E-state index contributed by atoms with van der Waals surface area (Å²) in [6, 6.07) is 4.11. The Morgan fingerprint density at radius 3 is 3.00 bits per heavy atom. The fourth-order valence-electron chi connectivity index (χ4n) is 1.67. The van der Waals surface area contributed by atoms with Crippen molar-refractivity contribution in [2.75, 3.05) is 19.1 Å². The van der Waals surface area contributed by atoms with Crippen LogP contribution in [-0.2, 0) is 0 Å². The number of nitrogens with two attached hydrogens (primary N) is 1. The van der Waals surface area contributed by atoms with Gasteiger partial charge in [-0.1, -0.05) is 5.16 Å². The third-order valence-corrected chi connectivity index (χ3v) is 3.45. The molecule has 20 heavy (non-hydrogen) atoms. The molecule has 0 radical (unpaired) electrons. The molecule has 0 amide bonds. The maximum absolute atomic E-state index is 13.3. The van der Waals surface area contributed by atoms with Crippen molar-refractivity contribution < 1.29 is 13.7 Å². The molecule has 5 nitrogen and oxygen atoms in total. The van der Waals surface area contributed by atoms with Gasteiger partial charge in [0.1, 0.15) is 0 Å². The van der Waals surface area contributed by atoms with Crippen molar-refractivity contribution in [2.24, 2.45) is 5.73 Å². The first-order chi connectivity index (χ1) is 9.65. The summed E-state index contributed by atoms with van der Waals surface area (Å²) in [4.78, 5) is 4.25. The van der Waals surface area contributed by atoms with Crippen molar-refractivity contribution in [3.05, 3.63) is 29.9 Å². The molecule has 1 heterocycles. The molecule has 2 aromatic rings. The first-order valence-corrected chi connectivity index (χ1v) is 7.47. The van der Waals surface area contributed by atoms with E-state index in [0.29, 0.717) is 17.3 Å². The van der Waals surface area contributed by atoms with Crippen LogP contribution in [0, 0.1) is 5.82 Å². The predicted molar refractivity (Wildman–Crippen MR) is 76.2 cm³/mol. The van der Waals surface area contributed by atoms with Crippen molar-refractivity contribution in [1.29, 1.82) is 0 Å². The van der Waals surface area contributed by atoms with Crippen molar-refractivity contribution in [3.8, 4) is 17.1 Å². The minimum atomic E-state index is -0.434. The fraction of sp³-hybridized carbons (Fsp3) is 0.385. The van der Waals surface area contributed by atoms with E-state index in [9.17, 15) is 4.39 Å². The summed E-state index contributed by atoms with van der Waals surface area (Å²) < 4.78 is 23.4. The number of thioether (sulfide) groups is 1. The zero-order valence-corrected chi connectivity index (χ0v) is 12.1. The number of hydrogen-bond acceptors (Lipinski definition) is 6. The van der Waals surface area contributed by atoms with Gasteiger partial charge in [-0.15, -0.1) is 0 Å². The van der Waals surface area contributed by atoms with Crippen molar-refractivity contribution in [1.82, 2.24) is 10.1 Å². The maximum Gasteiger partial charge on any atom is 0.243 e. The molecule has 1 aromatic carbocycles. The predicted octanol–water partition coefficient (Wildman–Crippen LogP) is 2.64. The standard InChI is InChI=1S/C13H16FN3O2S/c1-18-11-7-8(3-4-9(11)14)12-16-13(19-17-12)10(15)5-6-20-2/h3-4,7,10H,5-6,15H2,1-2H3/t10-/m1/s1. The van der Waals surface area contributed by atoms with Crippen LogP contribution in [0.3, 0.4) is 0 Å². The van der Waals surface area contributed by atoms with Crippen LogP contribution in [0.4, 0.5) is 4.39 Å². The van der Waals surface area contributed by atoms with Gasteiger partial charge in [-0.3, -0.25) is 0 Å². The Labute approximate surface area is 120 Å². The summed E-state index contributed by atoms with van der Waals surface area (Å²) in [6.45, 7) is 0. The second-order valence-corrected chi connectivity index (χ2v) is 5.18. The zero-order chi connectivity index (χ0) is 14.5. The minimum Gasteiger partial charge on any atom is -0.494 e. The first-order valence-electron chi connectivity index (χ1n) is 6.07. The molecule has 0 unspecified atom stereocenters. The van der Waals surface area contributed by atoms with Crippen LogP contribution in [0.1, 0.15) is 18.4 Å². The summed E-state index contributed by atoms with van der Waals surface area (Å²) in [5.41, 5.74) is 6.58. The third kappa shape index (κ3) is 3.29. The van der Waals surface area contributed by atoms with Gasteiger partial charge in [-0.2, -0.15) is 16.7 Å². The van der Waals surface area contributed by atoms with E-state index in [4.69, 9.17) is 15.0 Å². The van der Waals surface area contributed by atoms with Crippen molar-refractivity contribution in [3.63, 3.8) is 0 Å². The van der Waals surface area contributed by atoms with E-state index in [1.54, 1.807) is 17.8 Å². The molecule has 2 rings (SSSR count). The molecule has 0 fully saturated rings. The summed E-state index contributed by atoms with van der Waals surface area (Å²) >= 11 is 1.71. The molecule has 2 N–H and O–H groups in total. The molecular weight excluding hydrogens is 281 g/mol. The molecule has 0 saturated carbocycles. The van der Waals surface area contributed by atoms with Gasteiger partial charge in [0.25, 0.3) is 0 Å². The molecule has 0 spiro atoms. The highest BCUT2D eigenvalue weighted by Gasteiger charge is 2.16. The number of rotatable bonds is 6. The van der Waals surface area contributed by atoms with E-state index in [1.807, 2.05) is 6.26 Å². The van der Waals surface area contributed by atoms with Crippen LogP contribution < -0.4 is 10.5 Å². The maximum atomic E-state index is 13.3. The second-order valence-electron chi connectivity index (χ2n) is 4.19. The summed E-state index contributed by atoms with van der Waals surface area (Å²) in [5.74, 6) is 1.39. The average molecular weight is 297 g/mol. The van der Waals surface area contributed by atoms with Gasteiger partial charge in [-0.05, 0) is 36.6 Å². The van der Waals surface area contributed by atoms with Gasteiger partial charge in [0.2, 0.25) is 11.7 Å². The smallest absolute Gasteiger partial charge is 0.243 e. The number of halogens is 1. The van der Waals surface area contributed by atoms with Gasteiger partial charge >= 0.3 is 0 Å². The summed E-state index contributed by atoms with van der Waals surface area (Å²) in [7, 11) is 1.40. The van der Waals surface area contributed by atoms with E-state index < -0.39 is 5.82 Å². The van der Waals surface area contributed by atoms with E-state index >= 15 is 0 Å². The lowest BCUT2D eigenvalue weighted by molar-refractivity contribution is 0.353. The van der Waals surface area contributed by atoms with Crippen LogP contribution in [-0.4, -0.2) is 29.3 Å². The SMILES string of the molecule is COc1cc(-c2noc([C@H](N)CCSC)n2)ccc1F. The molecule has 0 aliphatic rings. The van der Waals surface area contributed by atoms with Gasteiger partial charge in [0.15, 0.2) is 11.6 Å². The lowest BCUT2D eigenvalue weighted by Crippen LogP contribution is -2.11. The highest BCUT2D eigenvalue weighted by atomic mass is 32.2. The largest absolute Gasteiger partial charge is 0.494 e. The molecule has 0 aliphatic carbocycles. The zero-order valence-electron chi connectivity index (χ0n) is 11.3. The number of benzene rings is 1. The lowest BCUT2D eigenvalue weighted by Gasteiger charge is -2.04. The van der Waals surface area contributed by atoms with Crippen LogP contribution in [0.15, 0.2) is 22.7 Å². The molecule has 7 heteroatoms. The average Bonchev–Trinajstić information content (AvgIpc) is 2.95. The van der Waals surface area contributed by atoms with E-state index in [2.05, 4.69) is 10.1 Å². The number of aromatic nitrogens is 2. The lowest BCUT2D eigenvalue weighted by atomic mass is 10.2. The Kier molecular flexibility index (Phi) is 4.97. The number of nitrogens with zero attached hydrogens (tertiary/aromatic N) is 2. The molecule has 1 aromatic heterocycles. The highest BCUT2D eigenvalue weighted by Crippen LogP contribution is 2.25. The normalized spacial score (nSPS) is 12.4.